The topological polar surface area (TPSA) is 197 Å². The van der Waals surface area contributed by atoms with Crippen LogP contribution in [-0.4, -0.2) is 19.4 Å². The number of nitrogens with two attached hydrogens (primary N) is 1. The Morgan fingerprint density at radius 2 is 1.63 bits per heavy atom. The lowest BCUT2D eigenvalue weighted by molar-refractivity contribution is -0.385. The van der Waals surface area contributed by atoms with Crippen LogP contribution >= 0.6 is 0 Å². The number of nitrogen functional groups attached to an aromatic ring is 1. The van der Waals surface area contributed by atoms with E-state index in [0.29, 0.717) is 11.1 Å². The van der Waals surface area contributed by atoms with Gasteiger partial charge < -0.3 is 14.6 Å². The average Bonchev–Trinajstić information content (AvgIpc) is 3.37. The Morgan fingerprint density at radius 1 is 1.03 bits per heavy atom. The third-order valence-electron chi connectivity index (χ3n) is 5.45. The summed E-state index contributed by atoms with van der Waals surface area (Å²) in [6.07, 6.45) is 1.42. The largest absolute Gasteiger partial charge is 0.406 e. The molecule has 0 unspecified atom stereocenters. The Labute approximate surface area is 193 Å². The van der Waals surface area contributed by atoms with E-state index < -0.39 is 21.4 Å². The highest BCUT2D eigenvalue weighted by molar-refractivity contribution is 5.73. The lowest BCUT2D eigenvalue weighted by atomic mass is 9.87. The van der Waals surface area contributed by atoms with Crippen LogP contribution in [0, 0.1) is 31.6 Å². The van der Waals surface area contributed by atoms with Crippen LogP contribution < -0.4 is 22.3 Å². The molecule has 172 valence electrons. The van der Waals surface area contributed by atoms with E-state index in [2.05, 4.69) is 4.98 Å². The highest BCUT2D eigenvalue weighted by Crippen LogP contribution is 2.38. The van der Waals surface area contributed by atoms with E-state index in [9.17, 15) is 30.3 Å². The molecule has 0 spiro atoms. The minimum absolute atomic E-state index is 0.0140. The third kappa shape index (κ3) is 3.42. The fraction of sp³-hybridized carbons (Fsp3) is 0.0455. The van der Waals surface area contributed by atoms with Gasteiger partial charge in [-0.1, -0.05) is 12.1 Å². The summed E-state index contributed by atoms with van der Waals surface area (Å²) in [4.78, 5) is 37.9. The van der Waals surface area contributed by atoms with Crippen molar-refractivity contribution in [3.63, 3.8) is 0 Å². The van der Waals surface area contributed by atoms with Crippen LogP contribution in [0.3, 0.4) is 0 Å². The molecule has 2 N–H and O–H groups in total. The lowest BCUT2D eigenvalue weighted by Gasteiger charge is -2.18. The molecule has 0 fully saturated rings. The van der Waals surface area contributed by atoms with Crippen LogP contribution in [0.25, 0.3) is 17.5 Å². The number of anilines is 1. The van der Waals surface area contributed by atoms with Gasteiger partial charge in [0.2, 0.25) is 11.4 Å². The molecule has 2 aromatic heterocycles. The van der Waals surface area contributed by atoms with Crippen molar-refractivity contribution >= 4 is 29.0 Å². The number of aromatic nitrogens is 2. The number of fused-ring (bicyclic) bond motifs is 3. The molecule has 13 nitrogen and oxygen atoms in total. The number of oxazole rings is 2. The number of hydrogen-bond acceptors (Lipinski definition) is 10. The number of nitrogens with zero attached hydrogens (tertiary/aromatic N) is 5. The Bertz CT molecular complexity index is 1740. The van der Waals surface area contributed by atoms with Gasteiger partial charge in [0.25, 0.3) is 17.4 Å². The zero-order chi connectivity index (χ0) is 24.9. The zero-order valence-electron chi connectivity index (χ0n) is 17.4. The average molecular weight is 472 g/mol. The molecule has 0 saturated heterocycles. The van der Waals surface area contributed by atoms with Crippen molar-refractivity contribution in [2.75, 3.05) is 5.73 Å². The summed E-state index contributed by atoms with van der Waals surface area (Å²) in [6.45, 7) is 0. The lowest BCUT2D eigenvalue weighted by Crippen LogP contribution is -2.35. The Morgan fingerprint density at radius 3 is 2.20 bits per heavy atom. The maximum absolute atomic E-state index is 12.8. The number of nitro groups is 2. The summed E-state index contributed by atoms with van der Waals surface area (Å²) in [7, 11) is 0. The first kappa shape index (κ1) is 21.3. The second-order valence-electron chi connectivity index (χ2n) is 7.46. The molecule has 0 amide bonds. The first-order chi connectivity index (χ1) is 16.8. The van der Waals surface area contributed by atoms with Gasteiger partial charge in [0.1, 0.15) is 22.7 Å². The second kappa shape index (κ2) is 7.81. The molecule has 0 bridgehead atoms. The van der Waals surface area contributed by atoms with Crippen molar-refractivity contribution in [2.45, 2.75) is 5.92 Å². The summed E-state index contributed by atoms with van der Waals surface area (Å²) in [5.74, 6) is -0.825. The molecule has 0 radical (unpaired) electrons. The molecule has 35 heavy (non-hydrogen) atoms. The summed E-state index contributed by atoms with van der Waals surface area (Å²) >= 11 is 0. The van der Waals surface area contributed by atoms with Gasteiger partial charge in [-0.05, 0) is 29.3 Å². The van der Waals surface area contributed by atoms with Crippen LogP contribution in [0.2, 0.25) is 0 Å². The molecule has 5 rings (SSSR count). The maximum Gasteiger partial charge on any atom is 0.362 e. The highest BCUT2D eigenvalue weighted by atomic mass is 16.6. The normalized spacial score (nSPS) is 14.8. The van der Waals surface area contributed by atoms with E-state index in [1.807, 2.05) is 6.07 Å². The van der Waals surface area contributed by atoms with Gasteiger partial charge in [0, 0.05) is 24.3 Å². The molecule has 1 aliphatic heterocycles. The van der Waals surface area contributed by atoms with Gasteiger partial charge in [-0.2, -0.15) is 10.2 Å². The maximum atomic E-state index is 12.8. The van der Waals surface area contributed by atoms with E-state index in [1.165, 1.54) is 59.2 Å². The van der Waals surface area contributed by atoms with Crippen molar-refractivity contribution in [3.8, 4) is 12.0 Å². The Balaban J connectivity index is 1.78. The summed E-state index contributed by atoms with van der Waals surface area (Å²) in [6, 6.07) is 12.8. The van der Waals surface area contributed by atoms with Crippen LogP contribution in [0.15, 0.2) is 62.2 Å². The molecule has 1 aliphatic rings. The van der Waals surface area contributed by atoms with E-state index in [4.69, 9.17) is 14.6 Å². The van der Waals surface area contributed by atoms with Crippen molar-refractivity contribution in [3.05, 3.63) is 107 Å². The highest BCUT2D eigenvalue weighted by Gasteiger charge is 2.36. The van der Waals surface area contributed by atoms with Crippen LogP contribution in [0.4, 0.5) is 17.4 Å². The van der Waals surface area contributed by atoms with Gasteiger partial charge in [-0.3, -0.25) is 20.2 Å². The number of nitro benzene ring substituents is 2. The molecular weight excluding hydrogens is 460 g/mol. The number of nitriles is 1. The predicted molar refractivity (Wildman–Crippen MR) is 119 cm³/mol. The molecule has 0 saturated carbocycles. The zero-order valence-corrected chi connectivity index (χ0v) is 17.4. The number of rotatable bonds is 4. The van der Waals surface area contributed by atoms with Gasteiger partial charge in [0.05, 0.1) is 15.8 Å². The molecule has 4 aromatic rings. The molecular formula is C22H12N6O7. The predicted octanol–water partition coefficient (Wildman–Crippen LogP) is 1.47. The molecule has 13 heteroatoms. The quantitative estimate of drug-likeness (QED) is 0.335. The molecule has 1 atom stereocenters. The van der Waals surface area contributed by atoms with Gasteiger partial charge in [-0.25, -0.2) is 9.36 Å². The van der Waals surface area contributed by atoms with Gasteiger partial charge in [0.15, 0.2) is 0 Å². The third-order valence-corrected chi connectivity index (χ3v) is 5.45. The van der Waals surface area contributed by atoms with Crippen molar-refractivity contribution in [2.24, 2.45) is 0 Å². The van der Waals surface area contributed by atoms with Crippen molar-refractivity contribution in [1.29, 1.82) is 5.26 Å². The van der Waals surface area contributed by atoms with Gasteiger partial charge >= 0.3 is 5.63 Å². The van der Waals surface area contributed by atoms with Crippen molar-refractivity contribution < 1.29 is 18.7 Å². The van der Waals surface area contributed by atoms with Crippen LogP contribution in [0.5, 0.6) is 0 Å². The van der Waals surface area contributed by atoms with E-state index in [1.54, 1.807) is 0 Å². The van der Waals surface area contributed by atoms with E-state index in [-0.39, 0.29) is 45.4 Å². The first-order valence-corrected chi connectivity index (χ1v) is 9.91. The van der Waals surface area contributed by atoms with Gasteiger partial charge in [-0.15, -0.1) is 0 Å². The summed E-state index contributed by atoms with van der Waals surface area (Å²) < 4.78 is 12.3. The minimum Gasteiger partial charge on any atom is -0.406 e. The monoisotopic (exact) mass is 472 g/mol. The first-order valence-electron chi connectivity index (χ1n) is 9.91. The number of non-ortho nitro benzene ring substituents is 2. The SMILES string of the molecule is N#CC1=c2oc(=O)/c(=C\c3ccc([N+](=O)[O-])cc3)n2-c2oc(N)nc2[C@@H]1c1ccc([N+](=O)[O-])cc1. The Hall–Kier alpha value is -5.51. The second-order valence-corrected chi connectivity index (χ2v) is 7.46. The standard InChI is InChI=1S/C22H12N6O7/c23-10-15-17(12-3-7-14(8-4-12)28(32)33)18-20(35-22(24)25-18)26-16(21(29)34-19(15)26)9-11-1-5-13(6-2-11)27(30)31/h1-9,17H,(H2,24,25)/b16-9+/t17-/m1/s1. The minimum atomic E-state index is -0.866. The Kier molecular flexibility index (Phi) is 4.76. The van der Waals surface area contributed by atoms with Crippen LogP contribution in [0.1, 0.15) is 22.7 Å². The van der Waals surface area contributed by atoms with Crippen LogP contribution in [-0.2, 0) is 0 Å². The molecule has 3 heterocycles. The molecule has 2 aromatic carbocycles. The molecule has 0 aliphatic carbocycles. The summed E-state index contributed by atoms with van der Waals surface area (Å²) in [5, 5.41) is 31.9. The summed E-state index contributed by atoms with van der Waals surface area (Å²) in [5.41, 5.74) is 5.78. The van der Waals surface area contributed by atoms with E-state index >= 15 is 0 Å². The smallest absolute Gasteiger partial charge is 0.362 e. The van der Waals surface area contributed by atoms with E-state index in [0.717, 1.165) is 0 Å². The number of benzene rings is 2. The van der Waals surface area contributed by atoms with Crippen molar-refractivity contribution in [1.82, 2.24) is 9.55 Å². The fourth-order valence-electron chi connectivity index (χ4n) is 3.91. The number of hydrogen-bond donors (Lipinski definition) is 1. The fourth-order valence-corrected chi connectivity index (χ4v) is 3.91.